The van der Waals surface area contributed by atoms with Gasteiger partial charge in [-0.1, -0.05) is 48.0 Å². The third-order valence-corrected chi connectivity index (χ3v) is 17.6. The van der Waals surface area contributed by atoms with Gasteiger partial charge >= 0.3 is 5.97 Å². The highest BCUT2D eigenvalue weighted by molar-refractivity contribution is 5.70. The molecule has 0 bridgehead atoms. The molecular formula is C50H88O17. The first kappa shape index (κ1) is 55.2. The number of methoxy groups -OCH3 is 5. The number of aliphatic hydroxyl groups is 2. The summed E-state index contributed by atoms with van der Waals surface area (Å²) < 4.78 is 84.6. The molecule has 67 heavy (non-hydrogen) atoms. The van der Waals surface area contributed by atoms with Crippen LogP contribution in [0.3, 0.4) is 0 Å². The van der Waals surface area contributed by atoms with E-state index in [-0.39, 0.29) is 78.9 Å². The van der Waals surface area contributed by atoms with Crippen molar-refractivity contribution < 1.29 is 81.7 Å². The van der Waals surface area contributed by atoms with Gasteiger partial charge < -0.3 is 76.9 Å². The molecule has 0 amide bonds. The van der Waals surface area contributed by atoms with E-state index >= 15 is 0 Å². The quantitative estimate of drug-likeness (QED) is 0.148. The van der Waals surface area contributed by atoms with Crippen LogP contribution in [0.4, 0.5) is 0 Å². The second-order valence-electron chi connectivity index (χ2n) is 21.5. The lowest BCUT2D eigenvalue weighted by Gasteiger charge is -2.57. The van der Waals surface area contributed by atoms with Crippen molar-refractivity contribution in [3.63, 3.8) is 0 Å². The first-order valence-corrected chi connectivity index (χ1v) is 25.1. The van der Waals surface area contributed by atoms with Crippen LogP contribution in [0.5, 0.6) is 0 Å². The summed E-state index contributed by atoms with van der Waals surface area (Å²) in [6.07, 6.45) is -0.603. The van der Waals surface area contributed by atoms with Gasteiger partial charge in [0.15, 0.2) is 23.7 Å². The van der Waals surface area contributed by atoms with Gasteiger partial charge in [-0.25, -0.2) is 0 Å². The fourth-order valence-electron chi connectivity index (χ4n) is 13.0. The van der Waals surface area contributed by atoms with Gasteiger partial charge in [0.25, 0.3) is 0 Å². The monoisotopic (exact) mass is 961 g/mol. The Kier molecular flexibility index (Phi) is 17.7. The van der Waals surface area contributed by atoms with Gasteiger partial charge in [-0.2, -0.15) is 0 Å². The third kappa shape index (κ3) is 10.2. The molecule has 3 N–H and O–H groups in total. The maximum absolute atomic E-state index is 12.6. The van der Waals surface area contributed by atoms with Crippen molar-refractivity contribution in [2.45, 2.75) is 236 Å². The summed E-state index contributed by atoms with van der Waals surface area (Å²) in [5.41, 5.74) is -2.15. The zero-order chi connectivity index (χ0) is 49.6. The largest absolute Gasteiger partial charge is 0.481 e. The summed E-state index contributed by atoms with van der Waals surface area (Å²) in [4.78, 5) is 12.6. The standard InChI is InChI=1S/C50H88O17/c1-17-18-36(42-26(2)41(57-14)28(4)48(11,53)66-42)60-25-33-19-21-38(62-33)47(10)43(58-15)30(6)50(67-47)27(3)37(56-13)23-34(64-50)24-39-46(9,59-16)44(29(5)49(54,65-39)31(7)45(51)52)63-40-22-20-35(55-12)32(8)61-40/h26-44,53-54H,17-25H2,1-16H3,(H,51,52). The van der Waals surface area contributed by atoms with E-state index in [0.717, 1.165) is 19.3 Å². The van der Waals surface area contributed by atoms with Crippen molar-refractivity contribution in [2.24, 2.45) is 35.5 Å². The lowest BCUT2D eigenvalue weighted by molar-refractivity contribution is -0.398. The Bertz CT molecular complexity index is 1620. The topological polar surface area (TPSA) is 198 Å². The van der Waals surface area contributed by atoms with Gasteiger partial charge in [0, 0.05) is 84.4 Å². The Balaban J connectivity index is 1.22. The predicted molar refractivity (Wildman–Crippen MR) is 244 cm³/mol. The number of aliphatic carboxylic acids is 1. The molecule has 17 nitrogen and oxygen atoms in total. The molecule has 390 valence electrons. The second kappa shape index (κ2) is 21.5. The summed E-state index contributed by atoms with van der Waals surface area (Å²) in [5.74, 6) is -8.88. The number of hydrogen-bond donors (Lipinski definition) is 3. The molecule has 24 atom stereocenters. The molecule has 6 fully saturated rings. The van der Waals surface area contributed by atoms with E-state index in [1.165, 1.54) is 6.92 Å². The Labute approximate surface area is 400 Å². The van der Waals surface area contributed by atoms with Crippen molar-refractivity contribution >= 4 is 5.97 Å². The van der Waals surface area contributed by atoms with Crippen LogP contribution in [0.2, 0.25) is 0 Å². The van der Waals surface area contributed by atoms with Crippen LogP contribution in [0.15, 0.2) is 0 Å². The molecular weight excluding hydrogens is 873 g/mol. The van der Waals surface area contributed by atoms with Crippen molar-refractivity contribution in [3.8, 4) is 0 Å². The van der Waals surface area contributed by atoms with E-state index in [4.69, 9.17) is 61.6 Å². The molecule has 0 aliphatic carbocycles. The highest BCUT2D eigenvalue weighted by atomic mass is 16.7. The summed E-state index contributed by atoms with van der Waals surface area (Å²) >= 11 is 0. The van der Waals surface area contributed by atoms with Crippen LogP contribution in [-0.4, -0.2) is 172 Å². The minimum absolute atomic E-state index is 0.00677. The molecule has 0 aromatic rings. The van der Waals surface area contributed by atoms with E-state index in [1.54, 1.807) is 49.4 Å². The summed E-state index contributed by atoms with van der Waals surface area (Å²) in [5, 5.41) is 33.9. The number of carboxylic acid groups (broad SMARTS) is 1. The SMILES string of the molecule is CCCC(OCC1CCC(C2(C)OC3(OC(CC4OC(O)(C(C)C(=O)O)C(C)C(OC5CCC(OC)C(C)O5)C4(C)OC)CC(OC)C3C)C(C)C2OC)O1)C1OC(C)(O)C(C)C(OC)C1C. The van der Waals surface area contributed by atoms with Gasteiger partial charge in [-0.15, -0.1) is 0 Å². The van der Waals surface area contributed by atoms with E-state index in [2.05, 4.69) is 27.7 Å². The molecule has 6 aliphatic rings. The summed E-state index contributed by atoms with van der Waals surface area (Å²) in [7, 11) is 8.29. The number of carbonyl (C=O) groups is 1. The highest BCUT2D eigenvalue weighted by Crippen LogP contribution is 2.57. The molecule has 0 saturated carbocycles. The van der Waals surface area contributed by atoms with Crippen LogP contribution in [0.1, 0.15) is 128 Å². The Morgan fingerprint density at radius 1 is 0.761 bits per heavy atom. The fourth-order valence-corrected chi connectivity index (χ4v) is 13.0. The molecule has 1 spiro atoms. The second-order valence-corrected chi connectivity index (χ2v) is 21.5. The van der Waals surface area contributed by atoms with Crippen molar-refractivity contribution in [1.29, 1.82) is 0 Å². The van der Waals surface area contributed by atoms with Gasteiger partial charge in [-0.3, -0.25) is 4.79 Å². The highest BCUT2D eigenvalue weighted by Gasteiger charge is 2.69. The van der Waals surface area contributed by atoms with Crippen LogP contribution < -0.4 is 0 Å². The lowest BCUT2D eigenvalue weighted by atomic mass is 9.71. The Hall–Kier alpha value is -1.13. The third-order valence-electron chi connectivity index (χ3n) is 17.6. The Morgan fingerprint density at radius 3 is 2.03 bits per heavy atom. The first-order valence-electron chi connectivity index (χ1n) is 25.1. The summed E-state index contributed by atoms with van der Waals surface area (Å²) in [6, 6.07) is 0. The number of hydrogen-bond acceptors (Lipinski definition) is 16. The van der Waals surface area contributed by atoms with Gasteiger partial charge in [0.1, 0.15) is 17.1 Å². The maximum Gasteiger partial charge on any atom is 0.311 e. The van der Waals surface area contributed by atoms with Crippen molar-refractivity contribution in [1.82, 2.24) is 0 Å². The molecule has 0 aromatic heterocycles. The normalized spacial score (nSPS) is 50.4. The van der Waals surface area contributed by atoms with E-state index < -0.39 is 77.1 Å². The number of carboxylic acids is 1. The van der Waals surface area contributed by atoms with Crippen LogP contribution in [-0.2, 0) is 66.4 Å². The number of rotatable bonds is 18. The van der Waals surface area contributed by atoms with E-state index in [0.29, 0.717) is 32.3 Å². The van der Waals surface area contributed by atoms with Crippen LogP contribution >= 0.6 is 0 Å². The van der Waals surface area contributed by atoms with Crippen molar-refractivity contribution in [2.75, 3.05) is 42.2 Å². The fraction of sp³-hybridized carbons (Fsp3) is 0.980. The maximum atomic E-state index is 12.6. The van der Waals surface area contributed by atoms with E-state index in [9.17, 15) is 20.1 Å². The molecule has 6 rings (SSSR count). The van der Waals surface area contributed by atoms with Gasteiger partial charge in [0.05, 0.1) is 79.9 Å². The average molecular weight is 961 g/mol. The molecule has 0 radical (unpaired) electrons. The molecule has 6 heterocycles. The molecule has 6 aliphatic heterocycles. The molecule has 0 aromatic carbocycles. The average Bonchev–Trinajstić information content (AvgIpc) is 3.86. The zero-order valence-electron chi connectivity index (χ0n) is 43.4. The lowest BCUT2D eigenvalue weighted by Crippen LogP contribution is -2.71. The van der Waals surface area contributed by atoms with Crippen LogP contribution in [0, 0.1) is 35.5 Å². The van der Waals surface area contributed by atoms with E-state index in [1.807, 2.05) is 27.7 Å². The molecule has 6 saturated heterocycles. The zero-order valence-corrected chi connectivity index (χ0v) is 43.4. The summed E-state index contributed by atoms with van der Waals surface area (Å²) in [6.45, 7) is 21.4. The van der Waals surface area contributed by atoms with Gasteiger partial charge in [0.2, 0.25) is 0 Å². The smallest absolute Gasteiger partial charge is 0.311 e. The van der Waals surface area contributed by atoms with Crippen LogP contribution in [0.25, 0.3) is 0 Å². The molecule has 17 heteroatoms. The number of ether oxygens (including phenoxy) is 13. The minimum Gasteiger partial charge on any atom is -0.481 e. The first-order chi connectivity index (χ1) is 31.5. The Morgan fingerprint density at radius 2 is 1.45 bits per heavy atom. The van der Waals surface area contributed by atoms with Crippen molar-refractivity contribution in [3.05, 3.63) is 0 Å². The van der Waals surface area contributed by atoms with Gasteiger partial charge in [-0.05, 0) is 60.3 Å². The predicted octanol–water partition coefficient (Wildman–Crippen LogP) is 5.85. The molecule has 24 unspecified atom stereocenters. The minimum atomic E-state index is -2.14.